The molecule has 1 saturated carbocycles. The third-order valence-electron chi connectivity index (χ3n) is 5.32. The van der Waals surface area contributed by atoms with Crippen LogP contribution >= 0.6 is 11.6 Å². The molecule has 1 aliphatic carbocycles. The second-order valence-corrected chi connectivity index (χ2v) is 7.22. The lowest BCUT2D eigenvalue weighted by atomic mass is 9.89. The summed E-state index contributed by atoms with van der Waals surface area (Å²) in [5, 5.41) is 14.1. The lowest BCUT2D eigenvalue weighted by molar-refractivity contribution is 0.00712. The standard InChI is InChI=1S/C18H26ClFN2O/c19-15-4-3-5-16(20)14(15)12-21-13-8-10-22(11-9-13)17-6-1-2-7-18(17)23/h3-5,13,17-18,21,23H,1-2,6-12H2. The largest absolute Gasteiger partial charge is 0.391 e. The van der Waals surface area contributed by atoms with Crippen LogP contribution in [0.25, 0.3) is 0 Å². The minimum atomic E-state index is -0.243. The van der Waals surface area contributed by atoms with Crippen molar-refractivity contribution in [1.29, 1.82) is 0 Å². The number of rotatable bonds is 4. The summed E-state index contributed by atoms with van der Waals surface area (Å²) in [6.45, 7) is 2.48. The summed E-state index contributed by atoms with van der Waals surface area (Å²) in [6, 6.07) is 5.55. The Morgan fingerprint density at radius 2 is 1.91 bits per heavy atom. The molecular weight excluding hydrogens is 315 g/mol. The maximum absolute atomic E-state index is 13.8. The summed E-state index contributed by atoms with van der Waals surface area (Å²) in [6.07, 6.45) is 6.35. The Balaban J connectivity index is 1.48. The van der Waals surface area contributed by atoms with Gasteiger partial charge in [-0.1, -0.05) is 30.5 Å². The monoisotopic (exact) mass is 340 g/mol. The van der Waals surface area contributed by atoms with Crippen LogP contribution in [-0.2, 0) is 6.54 Å². The summed E-state index contributed by atoms with van der Waals surface area (Å²) in [5.41, 5.74) is 0.555. The molecule has 0 aromatic heterocycles. The number of likely N-dealkylation sites (tertiary alicyclic amines) is 1. The van der Waals surface area contributed by atoms with E-state index < -0.39 is 0 Å². The Hall–Kier alpha value is -0.680. The Labute approximate surface area is 142 Å². The number of aliphatic hydroxyl groups excluding tert-OH is 1. The first-order valence-electron chi connectivity index (χ1n) is 8.73. The van der Waals surface area contributed by atoms with Gasteiger partial charge in [-0.2, -0.15) is 0 Å². The molecular formula is C18H26ClFN2O. The van der Waals surface area contributed by atoms with E-state index in [1.807, 2.05) is 0 Å². The van der Waals surface area contributed by atoms with Gasteiger partial charge in [-0.3, -0.25) is 4.90 Å². The second-order valence-electron chi connectivity index (χ2n) is 6.81. The second kappa shape index (κ2) is 7.93. The molecule has 3 nitrogen and oxygen atoms in total. The Morgan fingerprint density at radius 3 is 2.61 bits per heavy atom. The number of aliphatic hydroxyl groups is 1. The van der Waals surface area contributed by atoms with E-state index in [4.69, 9.17) is 11.6 Å². The number of nitrogens with zero attached hydrogens (tertiary/aromatic N) is 1. The summed E-state index contributed by atoms with van der Waals surface area (Å²) in [4.78, 5) is 2.44. The molecule has 2 unspecified atom stereocenters. The summed E-state index contributed by atoms with van der Waals surface area (Å²) in [7, 11) is 0. The maximum Gasteiger partial charge on any atom is 0.129 e. The molecule has 2 N–H and O–H groups in total. The molecule has 128 valence electrons. The van der Waals surface area contributed by atoms with Crippen LogP contribution in [0.2, 0.25) is 5.02 Å². The summed E-state index contributed by atoms with van der Waals surface area (Å²) in [5.74, 6) is -0.243. The average molecular weight is 341 g/mol. The average Bonchev–Trinajstić information content (AvgIpc) is 2.56. The van der Waals surface area contributed by atoms with E-state index in [2.05, 4.69) is 10.2 Å². The van der Waals surface area contributed by atoms with Crippen molar-refractivity contribution in [2.24, 2.45) is 0 Å². The number of benzene rings is 1. The van der Waals surface area contributed by atoms with Crippen molar-refractivity contribution >= 4 is 11.6 Å². The molecule has 23 heavy (non-hydrogen) atoms. The third kappa shape index (κ3) is 4.24. The van der Waals surface area contributed by atoms with E-state index in [1.54, 1.807) is 12.1 Å². The molecule has 0 spiro atoms. The smallest absolute Gasteiger partial charge is 0.129 e. The first-order valence-corrected chi connectivity index (χ1v) is 9.11. The topological polar surface area (TPSA) is 35.5 Å². The van der Waals surface area contributed by atoms with Crippen LogP contribution in [-0.4, -0.2) is 41.3 Å². The van der Waals surface area contributed by atoms with Crippen LogP contribution in [0.4, 0.5) is 4.39 Å². The van der Waals surface area contributed by atoms with Crippen LogP contribution < -0.4 is 5.32 Å². The van der Waals surface area contributed by atoms with Crippen molar-refractivity contribution in [2.45, 2.75) is 63.3 Å². The highest BCUT2D eigenvalue weighted by atomic mass is 35.5. The number of piperidine rings is 1. The van der Waals surface area contributed by atoms with Gasteiger partial charge in [0, 0.05) is 42.3 Å². The van der Waals surface area contributed by atoms with Crippen molar-refractivity contribution in [3.8, 4) is 0 Å². The van der Waals surface area contributed by atoms with E-state index in [0.29, 0.717) is 29.2 Å². The zero-order valence-electron chi connectivity index (χ0n) is 13.5. The van der Waals surface area contributed by atoms with Gasteiger partial charge in [-0.15, -0.1) is 0 Å². The fraction of sp³-hybridized carbons (Fsp3) is 0.667. The van der Waals surface area contributed by atoms with Crippen LogP contribution in [0.15, 0.2) is 18.2 Å². The van der Waals surface area contributed by atoms with E-state index >= 15 is 0 Å². The summed E-state index contributed by atoms with van der Waals surface area (Å²) >= 11 is 6.07. The normalized spacial score (nSPS) is 27.3. The van der Waals surface area contributed by atoms with Crippen molar-refractivity contribution in [3.63, 3.8) is 0 Å². The van der Waals surface area contributed by atoms with Gasteiger partial charge in [-0.05, 0) is 37.8 Å². The first kappa shape index (κ1) is 17.2. The highest BCUT2D eigenvalue weighted by Gasteiger charge is 2.31. The van der Waals surface area contributed by atoms with E-state index in [0.717, 1.165) is 45.2 Å². The Bertz CT molecular complexity index is 499. The predicted octanol–water partition coefficient (Wildman–Crippen LogP) is 3.34. The van der Waals surface area contributed by atoms with Crippen LogP contribution in [0.5, 0.6) is 0 Å². The van der Waals surface area contributed by atoms with Gasteiger partial charge in [-0.25, -0.2) is 4.39 Å². The molecule has 1 aliphatic heterocycles. The molecule has 1 aromatic carbocycles. The van der Waals surface area contributed by atoms with Gasteiger partial charge in [0.15, 0.2) is 0 Å². The zero-order valence-corrected chi connectivity index (χ0v) is 14.2. The highest BCUT2D eigenvalue weighted by molar-refractivity contribution is 6.31. The number of nitrogens with one attached hydrogen (secondary N) is 1. The quantitative estimate of drug-likeness (QED) is 0.882. The molecule has 3 rings (SSSR count). The SMILES string of the molecule is OC1CCCCC1N1CCC(NCc2c(F)cccc2Cl)CC1. The van der Waals surface area contributed by atoms with Crippen LogP contribution in [0.1, 0.15) is 44.1 Å². The van der Waals surface area contributed by atoms with Gasteiger partial charge in [0.2, 0.25) is 0 Å². The third-order valence-corrected chi connectivity index (χ3v) is 5.68. The van der Waals surface area contributed by atoms with Gasteiger partial charge in [0.05, 0.1) is 6.10 Å². The predicted molar refractivity (Wildman–Crippen MR) is 91.1 cm³/mol. The molecule has 0 amide bonds. The van der Waals surface area contributed by atoms with Gasteiger partial charge in [0.1, 0.15) is 5.82 Å². The molecule has 2 aliphatic rings. The number of halogens is 2. The molecule has 2 atom stereocenters. The van der Waals surface area contributed by atoms with Gasteiger partial charge in [0.25, 0.3) is 0 Å². The van der Waals surface area contributed by atoms with Crippen molar-refractivity contribution in [2.75, 3.05) is 13.1 Å². The van der Waals surface area contributed by atoms with Crippen LogP contribution in [0.3, 0.4) is 0 Å². The van der Waals surface area contributed by atoms with Crippen molar-refractivity contribution in [3.05, 3.63) is 34.6 Å². The fourth-order valence-corrected chi connectivity index (χ4v) is 4.13. The number of hydrogen-bond donors (Lipinski definition) is 2. The van der Waals surface area contributed by atoms with Crippen LogP contribution in [0, 0.1) is 5.82 Å². The number of hydrogen-bond acceptors (Lipinski definition) is 3. The lowest BCUT2D eigenvalue weighted by Gasteiger charge is -2.41. The van der Waals surface area contributed by atoms with Gasteiger partial charge >= 0.3 is 0 Å². The van der Waals surface area contributed by atoms with Crippen molar-refractivity contribution in [1.82, 2.24) is 10.2 Å². The Kier molecular flexibility index (Phi) is 5.91. The molecule has 1 saturated heterocycles. The van der Waals surface area contributed by atoms with E-state index in [1.165, 1.54) is 12.5 Å². The van der Waals surface area contributed by atoms with E-state index in [-0.39, 0.29) is 11.9 Å². The first-order chi connectivity index (χ1) is 11.1. The molecule has 5 heteroatoms. The summed E-state index contributed by atoms with van der Waals surface area (Å²) < 4.78 is 13.8. The molecule has 1 aromatic rings. The molecule has 0 radical (unpaired) electrons. The minimum absolute atomic E-state index is 0.162. The Morgan fingerprint density at radius 1 is 1.17 bits per heavy atom. The van der Waals surface area contributed by atoms with Crippen molar-refractivity contribution < 1.29 is 9.50 Å². The van der Waals surface area contributed by atoms with E-state index in [9.17, 15) is 9.50 Å². The highest BCUT2D eigenvalue weighted by Crippen LogP contribution is 2.26. The minimum Gasteiger partial charge on any atom is -0.391 e. The molecule has 0 bridgehead atoms. The maximum atomic E-state index is 13.8. The lowest BCUT2D eigenvalue weighted by Crippen LogP contribution is -2.51. The van der Waals surface area contributed by atoms with Gasteiger partial charge < -0.3 is 10.4 Å². The molecule has 1 heterocycles. The fourth-order valence-electron chi connectivity index (χ4n) is 3.90. The zero-order chi connectivity index (χ0) is 16.2. The molecule has 2 fully saturated rings.